The summed E-state index contributed by atoms with van der Waals surface area (Å²) in [6.07, 6.45) is 0.729. The van der Waals surface area contributed by atoms with E-state index in [2.05, 4.69) is 26.2 Å². The summed E-state index contributed by atoms with van der Waals surface area (Å²) in [5.41, 5.74) is 2.39. The minimum absolute atomic E-state index is 0.00446. The molecule has 0 radical (unpaired) electrons. The van der Waals surface area contributed by atoms with Crippen molar-refractivity contribution in [1.82, 2.24) is 10.3 Å². The van der Waals surface area contributed by atoms with Gasteiger partial charge in [0.1, 0.15) is 11.6 Å². The van der Waals surface area contributed by atoms with Gasteiger partial charge in [-0.2, -0.15) is 5.26 Å². The molecule has 0 spiro atoms. The Labute approximate surface area is 194 Å². The number of nitriles is 1. The fourth-order valence-corrected chi connectivity index (χ4v) is 3.75. The SMILES string of the molecule is COc1cc(-c2cc(C)[nH]c(=O)c2C#N)c(Br)cc1OCC(=O)NCCc1ccccc1. The largest absolute Gasteiger partial charge is 0.493 e. The number of halogens is 1. The molecule has 8 heteroatoms. The van der Waals surface area contributed by atoms with Crippen LogP contribution in [0.4, 0.5) is 0 Å². The average Bonchev–Trinajstić information content (AvgIpc) is 2.78. The van der Waals surface area contributed by atoms with Gasteiger partial charge in [0.05, 0.1) is 7.11 Å². The number of rotatable bonds is 8. The van der Waals surface area contributed by atoms with Gasteiger partial charge in [-0.1, -0.05) is 46.3 Å². The monoisotopic (exact) mass is 495 g/mol. The Kier molecular flexibility index (Phi) is 7.68. The lowest BCUT2D eigenvalue weighted by Gasteiger charge is -2.15. The molecule has 0 saturated carbocycles. The summed E-state index contributed by atoms with van der Waals surface area (Å²) in [5.74, 6) is 0.490. The lowest BCUT2D eigenvalue weighted by atomic mass is 10.0. The highest BCUT2D eigenvalue weighted by molar-refractivity contribution is 9.10. The fourth-order valence-electron chi connectivity index (χ4n) is 3.21. The van der Waals surface area contributed by atoms with Crippen molar-refractivity contribution in [1.29, 1.82) is 5.26 Å². The Hall–Kier alpha value is -3.57. The molecule has 0 aliphatic carbocycles. The second-order valence-electron chi connectivity index (χ2n) is 7.04. The maximum Gasteiger partial charge on any atom is 0.266 e. The lowest BCUT2D eigenvalue weighted by molar-refractivity contribution is -0.123. The minimum atomic E-state index is -0.458. The molecule has 0 saturated heterocycles. The number of carbonyl (C=O) groups excluding carboxylic acids is 1. The highest BCUT2D eigenvalue weighted by Crippen LogP contribution is 2.39. The predicted octanol–water partition coefficient (Wildman–Crippen LogP) is 3.73. The normalized spacial score (nSPS) is 10.3. The zero-order valence-corrected chi connectivity index (χ0v) is 19.3. The highest BCUT2D eigenvalue weighted by Gasteiger charge is 2.17. The zero-order chi connectivity index (χ0) is 23.1. The highest BCUT2D eigenvalue weighted by atomic mass is 79.9. The maximum absolute atomic E-state index is 12.2. The standard InChI is InChI=1S/C24H22BrN3O4/c1-15-10-17(19(13-26)24(30)28-15)18-11-21(31-2)22(12-20(18)25)32-14-23(29)27-9-8-16-6-4-3-5-7-16/h3-7,10-12H,8-9,14H2,1-2H3,(H,27,29)(H,28,30). The van der Waals surface area contributed by atoms with Crippen molar-refractivity contribution in [2.75, 3.05) is 20.3 Å². The van der Waals surface area contributed by atoms with Crippen LogP contribution in [0.2, 0.25) is 0 Å². The maximum atomic E-state index is 12.2. The van der Waals surface area contributed by atoms with Gasteiger partial charge in [0.2, 0.25) is 0 Å². The van der Waals surface area contributed by atoms with Crippen molar-refractivity contribution < 1.29 is 14.3 Å². The molecule has 0 atom stereocenters. The van der Waals surface area contributed by atoms with Gasteiger partial charge in [0.15, 0.2) is 18.1 Å². The molecule has 0 fully saturated rings. The van der Waals surface area contributed by atoms with Gasteiger partial charge in [-0.3, -0.25) is 9.59 Å². The van der Waals surface area contributed by atoms with Crippen LogP contribution >= 0.6 is 15.9 Å². The molecule has 2 aromatic carbocycles. The van der Waals surface area contributed by atoms with Gasteiger partial charge in [-0.15, -0.1) is 0 Å². The van der Waals surface area contributed by atoms with Crippen LogP contribution in [0.15, 0.2) is 57.8 Å². The van der Waals surface area contributed by atoms with Crippen LogP contribution in [0.3, 0.4) is 0 Å². The number of aromatic amines is 1. The number of pyridine rings is 1. The summed E-state index contributed by atoms with van der Waals surface area (Å²) in [4.78, 5) is 27.0. The van der Waals surface area contributed by atoms with E-state index in [4.69, 9.17) is 9.47 Å². The van der Waals surface area contributed by atoms with Crippen molar-refractivity contribution in [3.05, 3.63) is 80.2 Å². The first-order valence-electron chi connectivity index (χ1n) is 9.88. The van der Waals surface area contributed by atoms with E-state index in [1.807, 2.05) is 36.4 Å². The first-order valence-corrected chi connectivity index (χ1v) is 10.7. The van der Waals surface area contributed by atoms with Crippen molar-refractivity contribution in [3.8, 4) is 28.7 Å². The first-order chi connectivity index (χ1) is 15.4. The molecular formula is C24H22BrN3O4. The van der Waals surface area contributed by atoms with Gasteiger partial charge >= 0.3 is 0 Å². The van der Waals surface area contributed by atoms with Crippen LogP contribution in [0.1, 0.15) is 16.8 Å². The third-order valence-corrected chi connectivity index (χ3v) is 5.42. The summed E-state index contributed by atoms with van der Waals surface area (Å²) in [7, 11) is 1.48. The molecule has 3 rings (SSSR count). The van der Waals surface area contributed by atoms with E-state index in [0.29, 0.717) is 39.3 Å². The van der Waals surface area contributed by atoms with Gasteiger partial charge in [0, 0.05) is 27.8 Å². The van der Waals surface area contributed by atoms with E-state index in [9.17, 15) is 14.9 Å². The predicted molar refractivity (Wildman–Crippen MR) is 125 cm³/mol. The van der Waals surface area contributed by atoms with Crippen LogP contribution < -0.4 is 20.3 Å². The van der Waals surface area contributed by atoms with E-state index < -0.39 is 5.56 Å². The number of carbonyl (C=O) groups is 1. The van der Waals surface area contributed by atoms with Gasteiger partial charge < -0.3 is 19.8 Å². The second-order valence-corrected chi connectivity index (χ2v) is 7.89. The van der Waals surface area contributed by atoms with Crippen LogP contribution in [-0.2, 0) is 11.2 Å². The van der Waals surface area contributed by atoms with Crippen molar-refractivity contribution >= 4 is 21.8 Å². The smallest absolute Gasteiger partial charge is 0.266 e. The number of nitrogens with zero attached hydrogens (tertiary/aromatic N) is 1. The Morgan fingerprint density at radius 2 is 1.91 bits per heavy atom. The van der Waals surface area contributed by atoms with E-state index in [-0.39, 0.29) is 18.1 Å². The summed E-state index contributed by atoms with van der Waals surface area (Å²) in [5, 5.41) is 12.3. The minimum Gasteiger partial charge on any atom is -0.493 e. The average molecular weight is 496 g/mol. The Morgan fingerprint density at radius 3 is 2.59 bits per heavy atom. The molecule has 0 aliphatic rings. The van der Waals surface area contributed by atoms with Crippen LogP contribution in [0.25, 0.3) is 11.1 Å². The Morgan fingerprint density at radius 1 is 1.16 bits per heavy atom. The number of nitrogens with one attached hydrogen (secondary N) is 2. The number of methoxy groups -OCH3 is 1. The molecule has 1 aromatic heterocycles. The third-order valence-electron chi connectivity index (χ3n) is 4.76. The lowest BCUT2D eigenvalue weighted by Crippen LogP contribution is -2.30. The Balaban J connectivity index is 1.73. The topological polar surface area (TPSA) is 104 Å². The van der Waals surface area contributed by atoms with Crippen LogP contribution in [0, 0.1) is 18.3 Å². The van der Waals surface area contributed by atoms with E-state index in [0.717, 1.165) is 12.0 Å². The summed E-state index contributed by atoms with van der Waals surface area (Å²) in [6, 6.07) is 16.9. The zero-order valence-electron chi connectivity index (χ0n) is 17.7. The molecule has 0 bridgehead atoms. The Bertz CT molecular complexity index is 1220. The van der Waals surface area contributed by atoms with Gasteiger partial charge in [-0.25, -0.2) is 0 Å². The molecule has 164 valence electrons. The molecule has 0 unspecified atom stereocenters. The number of hydrogen-bond donors (Lipinski definition) is 2. The molecule has 1 heterocycles. The quantitative estimate of drug-likeness (QED) is 0.495. The van der Waals surface area contributed by atoms with Crippen LogP contribution in [0.5, 0.6) is 11.5 Å². The van der Waals surface area contributed by atoms with Gasteiger partial charge in [0.25, 0.3) is 11.5 Å². The molecule has 1 amide bonds. The number of H-pyrrole nitrogens is 1. The summed E-state index contributed by atoms with van der Waals surface area (Å²) < 4.78 is 11.7. The summed E-state index contributed by atoms with van der Waals surface area (Å²) in [6.45, 7) is 2.07. The number of ether oxygens (including phenoxy) is 2. The first kappa shape index (κ1) is 23.1. The molecule has 2 N–H and O–H groups in total. The third kappa shape index (κ3) is 5.56. The van der Waals surface area contributed by atoms with Crippen molar-refractivity contribution in [2.24, 2.45) is 0 Å². The van der Waals surface area contributed by atoms with E-state index >= 15 is 0 Å². The molecular weight excluding hydrogens is 474 g/mol. The molecule has 3 aromatic rings. The van der Waals surface area contributed by atoms with E-state index in [1.54, 1.807) is 25.1 Å². The second kappa shape index (κ2) is 10.6. The number of benzene rings is 2. The van der Waals surface area contributed by atoms with Gasteiger partial charge in [-0.05, 0) is 37.1 Å². The fraction of sp³-hybridized carbons (Fsp3) is 0.208. The molecule has 32 heavy (non-hydrogen) atoms. The number of aryl methyl sites for hydroxylation is 1. The molecule has 0 aliphatic heterocycles. The van der Waals surface area contributed by atoms with Crippen molar-refractivity contribution in [2.45, 2.75) is 13.3 Å². The van der Waals surface area contributed by atoms with E-state index in [1.165, 1.54) is 7.11 Å². The van der Waals surface area contributed by atoms with Crippen molar-refractivity contribution in [3.63, 3.8) is 0 Å². The number of amides is 1. The molecule has 7 nitrogen and oxygen atoms in total. The summed E-state index contributed by atoms with van der Waals surface area (Å²) >= 11 is 3.48. The van der Waals surface area contributed by atoms with Crippen LogP contribution in [-0.4, -0.2) is 31.2 Å². The number of aromatic nitrogens is 1. The number of hydrogen-bond acceptors (Lipinski definition) is 5.